The van der Waals surface area contributed by atoms with Crippen molar-refractivity contribution in [2.75, 3.05) is 11.9 Å². The largest absolute Gasteiger partial charge is 0.483 e. The summed E-state index contributed by atoms with van der Waals surface area (Å²) >= 11 is 3.41. The number of carbonyl (C=O) groups is 1. The highest BCUT2D eigenvalue weighted by Crippen LogP contribution is 2.23. The normalized spacial score (nSPS) is 10.4. The van der Waals surface area contributed by atoms with E-state index in [1.165, 1.54) is 0 Å². The SMILES string of the molecule is CCc1cccc(C)c1NC(=O)COc1ccc(Br)cc1C. The summed E-state index contributed by atoms with van der Waals surface area (Å²) in [5.74, 6) is 0.574. The summed E-state index contributed by atoms with van der Waals surface area (Å²) in [6, 6.07) is 11.8. The summed E-state index contributed by atoms with van der Waals surface area (Å²) in [7, 11) is 0. The molecule has 0 spiro atoms. The van der Waals surface area contributed by atoms with Gasteiger partial charge < -0.3 is 10.1 Å². The predicted octanol–water partition coefficient (Wildman–Crippen LogP) is 4.65. The van der Waals surface area contributed by atoms with Crippen molar-refractivity contribution in [2.45, 2.75) is 27.2 Å². The van der Waals surface area contributed by atoms with Gasteiger partial charge in [-0.05, 0) is 55.2 Å². The Morgan fingerprint density at radius 1 is 1.18 bits per heavy atom. The summed E-state index contributed by atoms with van der Waals surface area (Å²) in [5, 5.41) is 2.96. The van der Waals surface area contributed by atoms with E-state index in [4.69, 9.17) is 4.74 Å². The number of hydrogen-bond donors (Lipinski definition) is 1. The van der Waals surface area contributed by atoms with Crippen molar-refractivity contribution in [2.24, 2.45) is 0 Å². The van der Waals surface area contributed by atoms with Gasteiger partial charge in [0.05, 0.1) is 0 Å². The predicted molar refractivity (Wildman–Crippen MR) is 93.6 cm³/mol. The Kier molecular flexibility index (Phi) is 5.61. The standard InChI is InChI=1S/C18H20BrNO2/c1-4-14-7-5-6-12(2)18(14)20-17(21)11-22-16-9-8-15(19)10-13(16)3/h5-10H,4,11H2,1-3H3,(H,20,21). The molecule has 0 heterocycles. The lowest BCUT2D eigenvalue weighted by molar-refractivity contribution is -0.118. The summed E-state index contributed by atoms with van der Waals surface area (Å²) < 4.78 is 6.60. The molecule has 0 aliphatic rings. The quantitative estimate of drug-likeness (QED) is 0.841. The van der Waals surface area contributed by atoms with Gasteiger partial charge in [0.2, 0.25) is 0 Å². The molecule has 0 aromatic heterocycles. The lowest BCUT2D eigenvalue weighted by atomic mass is 10.1. The van der Waals surface area contributed by atoms with Crippen LogP contribution < -0.4 is 10.1 Å². The van der Waals surface area contributed by atoms with Crippen molar-refractivity contribution in [3.05, 3.63) is 57.6 Å². The zero-order chi connectivity index (χ0) is 16.1. The molecule has 22 heavy (non-hydrogen) atoms. The summed E-state index contributed by atoms with van der Waals surface area (Å²) in [6.45, 7) is 6.02. The number of halogens is 1. The van der Waals surface area contributed by atoms with Crippen molar-refractivity contribution in [1.29, 1.82) is 0 Å². The molecule has 0 unspecified atom stereocenters. The minimum absolute atomic E-state index is 0.0000387. The van der Waals surface area contributed by atoms with Crippen LogP contribution in [0, 0.1) is 13.8 Å². The first-order valence-electron chi connectivity index (χ1n) is 7.28. The molecule has 1 amide bonds. The van der Waals surface area contributed by atoms with Gasteiger partial charge in [-0.2, -0.15) is 0 Å². The number of aryl methyl sites for hydroxylation is 3. The molecule has 0 radical (unpaired) electrons. The second-order valence-corrected chi connectivity index (χ2v) is 6.12. The van der Waals surface area contributed by atoms with Gasteiger partial charge in [-0.15, -0.1) is 0 Å². The van der Waals surface area contributed by atoms with Crippen LogP contribution in [0.1, 0.15) is 23.6 Å². The van der Waals surface area contributed by atoms with E-state index in [1.54, 1.807) is 0 Å². The topological polar surface area (TPSA) is 38.3 Å². The van der Waals surface area contributed by atoms with Crippen LogP contribution >= 0.6 is 15.9 Å². The first kappa shape index (κ1) is 16.6. The van der Waals surface area contributed by atoms with E-state index in [9.17, 15) is 4.79 Å². The van der Waals surface area contributed by atoms with E-state index in [-0.39, 0.29) is 12.5 Å². The number of rotatable bonds is 5. The minimum atomic E-state index is -0.147. The Labute approximate surface area is 139 Å². The fourth-order valence-corrected chi connectivity index (χ4v) is 2.77. The molecule has 0 bridgehead atoms. The van der Waals surface area contributed by atoms with Crippen molar-refractivity contribution in [3.8, 4) is 5.75 Å². The van der Waals surface area contributed by atoms with E-state index in [0.29, 0.717) is 0 Å². The van der Waals surface area contributed by atoms with Crippen molar-refractivity contribution in [1.82, 2.24) is 0 Å². The monoisotopic (exact) mass is 361 g/mol. The highest BCUT2D eigenvalue weighted by Gasteiger charge is 2.10. The van der Waals surface area contributed by atoms with Gasteiger partial charge >= 0.3 is 0 Å². The van der Waals surface area contributed by atoms with Crippen LogP contribution in [0.25, 0.3) is 0 Å². The molecule has 3 nitrogen and oxygen atoms in total. The number of hydrogen-bond acceptors (Lipinski definition) is 2. The van der Waals surface area contributed by atoms with Crippen LogP contribution in [0.5, 0.6) is 5.75 Å². The van der Waals surface area contributed by atoms with Gasteiger partial charge in [0, 0.05) is 10.2 Å². The number of carbonyl (C=O) groups excluding carboxylic acids is 1. The Hall–Kier alpha value is -1.81. The number of ether oxygens (including phenoxy) is 1. The second-order valence-electron chi connectivity index (χ2n) is 5.21. The first-order chi connectivity index (χ1) is 10.5. The van der Waals surface area contributed by atoms with Crippen LogP contribution in [0.4, 0.5) is 5.69 Å². The average molecular weight is 362 g/mol. The molecule has 0 saturated heterocycles. The minimum Gasteiger partial charge on any atom is -0.483 e. The maximum absolute atomic E-state index is 12.1. The molecule has 0 atom stereocenters. The van der Waals surface area contributed by atoms with Gasteiger partial charge in [0.1, 0.15) is 5.75 Å². The van der Waals surface area contributed by atoms with Crippen LogP contribution in [0.3, 0.4) is 0 Å². The molecule has 2 aromatic rings. The Morgan fingerprint density at radius 3 is 2.64 bits per heavy atom. The zero-order valence-electron chi connectivity index (χ0n) is 13.1. The molecule has 0 aliphatic carbocycles. The fraction of sp³-hybridized carbons (Fsp3) is 0.278. The van der Waals surface area contributed by atoms with Crippen molar-refractivity contribution < 1.29 is 9.53 Å². The zero-order valence-corrected chi connectivity index (χ0v) is 14.7. The van der Waals surface area contributed by atoms with E-state index in [2.05, 4.69) is 28.2 Å². The smallest absolute Gasteiger partial charge is 0.262 e. The first-order valence-corrected chi connectivity index (χ1v) is 8.08. The lowest BCUT2D eigenvalue weighted by Crippen LogP contribution is -2.21. The lowest BCUT2D eigenvalue weighted by Gasteiger charge is -2.14. The van der Waals surface area contributed by atoms with Gasteiger partial charge in [-0.3, -0.25) is 4.79 Å². The van der Waals surface area contributed by atoms with Crippen LogP contribution in [-0.2, 0) is 11.2 Å². The molecule has 0 fully saturated rings. The molecule has 116 valence electrons. The van der Waals surface area contributed by atoms with E-state index < -0.39 is 0 Å². The number of benzene rings is 2. The summed E-state index contributed by atoms with van der Waals surface area (Å²) in [5.41, 5.74) is 4.08. The van der Waals surface area contributed by atoms with E-state index in [0.717, 1.165) is 39.0 Å². The maximum atomic E-state index is 12.1. The average Bonchev–Trinajstić information content (AvgIpc) is 2.48. The van der Waals surface area contributed by atoms with E-state index in [1.807, 2.05) is 50.2 Å². The van der Waals surface area contributed by atoms with Crippen LogP contribution in [-0.4, -0.2) is 12.5 Å². The van der Waals surface area contributed by atoms with Crippen molar-refractivity contribution in [3.63, 3.8) is 0 Å². The molecular formula is C18H20BrNO2. The second kappa shape index (κ2) is 7.45. The third-order valence-electron chi connectivity index (χ3n) is 3.50. The molecule has 0 saturated carbocycles. The maximum Gasteiger partial charge on any atom is 0.262 e. The van der Waals surface area contributed by atoms with Crippen LogP contribution in [0.2, 0.25) is 0 Å². The van der Waals surface area contributed by atoms with Crippen molar-refractivity contribution >= 4 is 27.5 Å². The van der Waals surface area contributed by atoms with Gasteiger partial charge in [0.15, 0.2) is 6.61 Å². The summed E-state index contributed by atoms with van der Waals surface area (Å²) in [6.07, 6.45) is 0.879. The molecule has 2 rings (SSSR count). The number of anilines is 1. The Balaban J connectivity index is 2.02. The third kappa shape index (κ3) is 4.10. The summed E-state index contributed by atoms with van der Waals surface area (Å²) in [4.78, 5) is 12.1. The van der Waals surface area contributed by atoms with Gasteiger partial charge in [0.25, 0.3) is 5.91 Å². The number of para-hydroxylation sites is 1. The molecular weight excluding hydrogens is 342 g/mol. The highest BCUT2D eigenvalue weighted by atomic mass is 79.9. The molecule has 4 heteroatoms. The van der Waals surface area contributed by atoms with Gasteiger partial charge in [-0.25, -0.2) is 0 Å². The van der Waals surface area contributed by atoms with E-state index >= 15 is 0 Å². The van der Waals surface area contributed by atoms with Crippen LogP contribution in [0.15, 0.2) is 40.9 Å². The van der Waals surface area contributed by atoms with Gasteiger partial charge in [-0.1, -0.05) is 41.1 Å². The highest BCUT2D eigenvalue weighted by molar-refractivity contribution is 9.10. The molecule has 0 aliphatic heterocycles. The Morgan fingerprint density at radius 2 is 1.95 bits per heavy atom. The molecule has 2 aromatic carbocycles. The fourth-order valence-electron chi connectivity index (χ4n) is 2.30. The Bertz CT molecular complexity index is 683. The third-order valence-corrected chi connectivity index (χ3v) is 3.99. The number of nitrogens with one attached hydrogen (secondary N) is 1. The number of amides is 1. The molecule has 1 N–H and O–H groups in total.